The van der Waals surface area contributed by atoms with Crippen LogP contribution in [0.5, 0.6) is 0 Å². The van der Waals surface area contributed by atoms with Gasteiger partial charge >= 0.3 is 11.9 Å². The third-order valence-electron chi connectivity index (χ3n) is 7.83. The molecule has 0 amide bonds. The van der Waals surface area contributed by atoms with E-state index in [9.17, 15) is 9.59 Å². The van der Waals surface area contributed by atoms with Crippen molar-refractivity contribution < 1.29 is 19.4 Å². The molecule has 0 aromatic carbocycles. The lowest BCUT2D eigenvalue weighted by Gasteiger charge is -2.18. The number of aliphatic carboxylic acids is 1. The molecule has 4 heteroatoms. The molecular weight excluding hydrogens is 488 g/mol. The van der Waals surface area contributed by atoms with Crippen LogP contribution in [-0.2, 0) is 14.3 Å². The molecule has 0 spiro atoms. The summed E-state index contributed by atoms with van der Waals surface area (Å²) in [5.74, 6) is -0.658. The summed E-state index contributed by atoms with van der Waals surface area (Å²) >= 11 is 0. The number of unbranched alkanes of at least 4 members (excludes halogenated alkanes) is 22. The van der Waals surface area contributed by atoms with Crippen molar-refractivity contribution in [3.63, 3.8) is 0 Å². The second-order valence-corrected chi connectivity index (χ2v) is 11.7. The van der Waals surface area contributed by atoms with Gasteiger partial charge in [0.05, 0.1) is 0 Å². The van der Waals surface area contributed by atoms with Crippen LogP contribution in [0.1, 0.15) is 200 Å². The molecule has 0 aliphatic carbocycles. The fraction of sp³-hybridized carbons (Fsp3) is 0.941. The Labute approximate surface area is 237 Å². The molecule has 0 bridgehead atoms. The van der Waals surface area contributed by atoms with E-state index in [0.29, 0.717) is 12.8 Å². The predicted octanol–water partition coefficient (Wildman–Crippen LogP) is 11.3. The lowest BCUT2D eigenvalue weighted by Crippen LogP contribution is -2.18. The van der Waals surface area contributed by atoms with Crippen LogP contribution in [0.2, 0.25) is 0 Å². The fourth-order valence-corrected chi connectivity index (χ4v) is 5.30. The maximum Gasteiger partial charge on any atom is 0.306 e. The van der Waals surface area contributed by atoms with Gasteiger partial charge in [0.15, 0.2) is 0 Å². The quantitative estimate of drug-likeness (QED) is 0.0526. The maximum atomic E-state index is 12.5. The number of esters is 1. The highest BCUT2D eigenvalue weighted by molar-refractivity contribution is 5.69. The summed E-state index contributed by atoms with van der Waals surface area (Å²) in [7, 11) is 0. The molecule has 0 fully saturated rings. The molecular formula is C34H66O4. The molecule has 0 rings (SSSR count). The number of ether oxygens (including phenoxy) is 1. The van der Waals surface area contributed by atoms with Crippen molar-refractivity contribution >= 4 is 11.9 Å². The first-order chi connectivity index (χ1) is 18.6. The van der Waals surface area contributed by atoms with Crippen LogP contribution in [-0.4, -0.2) is 23.1 Å². The van der Waals surface area contributed by atoms with Crippen molar-refractivity contribution in [1.29, 1.82) is 0 Å². The number of rotatable bonds is 31. The van der Waals surface area contributed by atoms with Gasteiger partial charge in [-0.25, -0.2) is 0 Å². The van der Waals surface area contributed by atoms with Gasteiger partial charge in [0.2, 0.25) is 0 Å². The largest absolute Gasteiger partial charge is 0.481 e. The van der Waals surface area contributed by atoms with Crippen molar-refractivity contribution in [2.75, 3.05) is 0 Å². The molecule has 4 nitrogen and oxygen atoms in total. The molecule has 0 aromatic rings. The molecule has 1 N–H and O–H groups in total. The lowest BCUT2D eigenvalue weighted by atomic mass is 10.0. The Morgan fingerprint density at radius 1 is 0.474 bits per heavy atom. The molecule has 38 heavy (non-hydrogen) atoms. The first kappa shape index (κ1) is 36.9. The Balaban J connectivity index is 3.81. The highest BCUT2D eigenvalue weighted by Crippen LogP contribution is 2.18. The van der Waals surface area contributed by atoms with Crippen molar-refractivity contribution in [2.24, 2.45) is 0 Å². The standard InChI is InChI=1S/C34H66O4/c1-3-5-7-9-10-11-12-13-14-15-20-23-27-31-34(37)38-32(28-24-8-6-4-2)29-25-21-18-16-17-19-22-26-30-33(35)36/h32H,3-31H2,1-2H3,(H,35,36)/i1+1,3+1,5+1,7+1,9+1,10+1,11+1,12+1,13+1,14+1,15+1,20+1,23+1,27+1,31+1,34+1. The molecule has 0 saturated carbocycles. The van der Waals surface area contributed by atoms with E-state index in [0.717, 1.165) is 51.4 Å². The van der Waals surface area contributed by atoms with E-state index in [1.807, 2.05) is 0 Å². The van der Waals surface area contributed by atoms with Gasteiger partial charge in [-0.1, -0.05) is 149 Å². The number of carboxylic acids is 1. The minimum Gasteiger partial charge on any atom is -0.481 e. The van der Waals surface area contributed by atoms with E-state index < -0.39 is 5.97 Å². The van der Waals surface area contributed by atoms with Crippen LogP contribution in [0.25, 0.3) is 0 Å². The SMILES string of the molecule is CCCCCCC(CCCCCCCCCCC(=O)O)O[13C](=O)[13CH2][13CH2][13CH2][13CH2][13CH2][13CH2][13CH2][13CH2][13CH2][13CH2][13CH2][13CH2][13CH2][13CH2][13CH3]. The Kier molecular flexibility index (Phi) is 29.6. The zero-order valence-electron chi connectivity index (χ0n) is 25.8. The lowest BCUT2D eigenvalue weighted by molar-refractivity contribution is -0.150. The van der Waals surface area contributed by atoms with Gasteiger partial charge in [0.25, 0.3) is 0 Å². The Morgan fingerprint density at radius 3 is 1.18 bits per heavy atom. The molecule has 0 aliphatic heterocycles. The molecule has 0 aromatic heterocycles. The van der Waals surface area contributed by atoms with Crippen molar-refractivity contribution in [1.82, 2.24) is 0 Å². The van der Waals surface area contributed by atoms with Crippen molar-refractivity contribution in [3.05, 3.63) is 0 Å². The number of carbonyl (C=O) groups is 2. The fourth-order valence-electron chi connectivity index (χ4n) is 5.30. The third-order valence-corrected chi connectivity index (χ3v) is 7.83. The van der Waals surface area contributed by atoms with Crippen molar-refractivity contribution in [3.8, 4) is 0 Å². The molecule has 0 heterocycles. The summed E-state index contributed by atoms with van der Waals surface area (Å²) < 4.78 is 5.94. The molecule has 1 atom stereocenters. The highest BCUT2D eigenvalue weighted by atomic mass is 16.6. The van der Waals surface area contributed by atoms with Gasteiger partial charge in [-0.05, 0) is 38.5 Å². The Hall–Kier alpha value is -1.06. The average molecular weight is 555 g/mol. The zero-order valence-corrected chi connectivity index (χ0v) is 25.8. The Morgan fingerprint density at radius 2 is 0.789 bits per heavy atom. The smallest absolute Gasteiger partial charge is 0.306 e. The first-order valence-corrected chi connectivity index (χ1v) is 17.0. The summed E-state index contributed by atoms with van der Waals surface area (Å²) in [4.78, 5) is 23.0. The van der Waals surface area contributed by atoms with E-state index in [2.05, 4.69) is 13.8 Å². The monoisotopic (exact) mass is 555 g/mol. The zero-order chi connectivity index (χ0) is 27.9. The average Bonchev–Trinajstić information content (AvgIpc) is 2.90. The number of carbonyl (C=O) groups excluding carboxylic acids is 1. The number of carboxylic acid groups (broad SMARTS) is 1. The van der Waals surface area contributed by atoms with Crippen molar-refractivity contribution in [2.45, 2.75) is 206 Å². The molecule has 0 saturated heterocycles. The third kappa shape index (κ3) is 29.5. The molecule has 1 unspecified atom stereocenters. The van der Waals surface area contributed by atoms with E-state index in [1.54, 1.807) is 0 Å². The summed E-state index contributed by atoms with van der Waals surface area (Å²) in [5.41, 5.74) is 0. The van der Waals surface area contributed by atoms with Crippen LogP contribution in [0, 0.1) is 0 Å². The maximum absolute atomic E-state index is 12.5. The summed E-state index contributed by atoms with van der Waals surface area (Å²) in [6.07, 6.45) is 34.1. The van der Waals surface area contributed by atoms with Crippen LogP contribution < -0.4 is 0 Å². The molecule has 0 radical (unpaired) electrons. The molecule has 0 aliphatic rings. The summed E-state index contributed by atoms with van der Waals surface area (Å²) in [6.45, 7) is 4.51. The van der Waals surface area contributed by atoms with Gasteiger partial charge in [-0.15, -0.1) is 0 Å². The van der Waals surface area contributed by atoms with Crippen LogP contribution in [0.4, 0.5) is 0 Å². The topological polar surface area (TPSA) is 63.6 Å². The first-order valence-electron chi connectivity index (χ1n) is 17.0. The summed E-state index contributed by atoms with van der Waals surface area (Å²) in [6, 6.07) is 0. The van der Waals surface area contributed by atoms with Gasteiger partial charge in [0, 0.05) is 12.8 Å². The van der Waals surface area contributed by atoms with Crippen LogP contribution in [0.15, 0.2) is 0 Å². The Bertz CT molecular complexity index is 505. The van der Waals surface area contributed by atoms with Gasteiger partial charge in [0.1, 0.15) is 6.10 Å². The minimum absolute atomic E-state index is 0.0231. The van der Waals surface area contributed by atoms with Crippen LogP contribution >= 0.6 is 0 Å². The van der Waals surface area contributed by atoms with E-state index >= 15 is 0 Å². The highest BCUT2D eigenvalue weighted by Gasteiger charge is 2.14. The van der Waals surface area contributed by atoms with Gasteiger partial charge in [-0.3, -0.25) is 9.59 Å². The second-order valence-electron chi connectivity index (χ2n) is 11.7. The van der Waals surface area contributed by atoms with Crippen LogP contribution in [0.3, 0.4) is 0 Å². The van der Waals surface area contributed by atoms with Gasteiger partial charge < -0.3 is 9.84 Å². The summed E-state index contributed by atoms with van der Waals surface area (Å²) in [5, 5.41) is 8.69. The van der Waals surface area contributed by atoms with E-state index in [4.69, 9.17) is 9.84 Å². The second kappa shape index (κ2) is 30.5. The van der Waals surface area contributed by atoms with Gasteiger partial charge in [-0.2, -0.15) is 0 Å². The normalized spacial score (nSPS) is 12.1. The number of hydrogen-bond donors (Lipinski definition) is 1. The van der Waals surface area contributed by atoms with E-state index in [-0.39, 0.29) is 12.1 Å². The number of hydrogen-bond acceptors (Lipinski definition) is 3. The molecule has 226 valence electrons. The van der Waals surface area contributed by atoms with E-state index in [1.165, 1.54) is 122 Å². The predicted molar refractivity (Wildman–Crippen MR) is 163 cm³/mol. The minimum atomic E-state index is -0.681.